The van der Waals surface area contributed by atoms with Gasteiger partial charge in [-0.1, -0.05) is 6.07 Å². The van der Waals surface area contributed by atoms with Crippen LogP contribution in [0.4, 0.5) is 0 Å². The summed E-state index contributed by atoms with van der Waals surface area (Å²) in [6, 6.07) is 9.21. The van der Waals surface area contributed by atoms with Crippen molar-refractivity contribution in [3.05, 3.63) is 47.8 Å². The first-order chi connectivity index (χ1) is 13.3. The average molecular weight is 407 g/mol. The summed E-state index contributed by atoms with van der Waals surface area (Å²) >= 11 is 0. The van der Waals surface area contributed by atoms with Crippen LogP contribution in [0.15, 0.2) is 41.4 Å². The quantitative estimate of drug-likeness (QED) is 0.757. The fourth-order valence-corrected chi connectivity index (χ4v) is 4.93. The van der Waals surface area contributed by atoms with Gasteiger partial charge in [0.2, 0.25) is 10.0 Å². The largest absolute Gasteiger partial charge is 0.495 e. The number of likely N-dealkylation sites (N-methyl/N-ethyl adjacent to an activating group) is 1. The van der Waals surface area contributed by atoms with Gasteiger partial charge in [-0.15, -0.1) is 0 Å². The molecule has 0 bridgehead atoms. The zero-order chi connectivity index (χ0) is 20.3. The molecule has 1 N–H and O–H groups in total. The molecular weight excluding hydrogens is 376 g/mol. The molecule has 1 aliphatic rings. The highest BCUT2D eigenvalue weighted by Crippen LogP contribution is 2.26. The maximum Gasteiger partial charge on any atom is 0.244 e. The second kappa shape index (κ2) is 8.65. The molecule has 0 radical (unpaired) electrons. The molecule has 0 amide bonds. The Balaban J connectivity index is 1.83. The van der Waals surface area contributed by atoms with Gasteiger partial charge in [0.1, 0.15) is 10.6 Å². The van der Waals surface area contributed by atoms with Crippen LogP contribution in [0.2, 0.25) is 0 Å². The molecule has 7 nitrogen and oxygen atoms in total. The monoisotopic (exact) mass is 406 g/mol. The summed E-state index contributed by atoms with van der Waals surface area (Å²) in [7, 11) is 1.90. The first-order valence-electron chi connectivity index (χ1n) is 9.50. The third-order valence-electron chi connectivity index (χ3n) is 5.38. The number of nitrogens with zero attached hydrogens (tertiary/aromatic N) is 3. The van der Waals surface area contributed by atoms with E-state index in [4.69, 9.17) is 4.74 Å². The Morgan fingerprint density at radius 2 is 1.86 bits per heavy atom. The predicted octanol–water partition coefficient (Wildman–Crippen LogP) is 1.61. The Morgan fingerprint density at radius 3 is 2.46 bits per heavy atom. The van der Waals surface area contributed by atoms with Crippen LogP contribution in [0.1, 0.15) is 17.3 Å². The zero-order valence-electron chi connectivity index (χ0n) is 17.1. The third-order valence-corrected chi connectivity index (χ3v) is 6.82. The van der Waals surface area contributed by atoms with Gasteiger partial charge in [0.05, 0.1) is 13.2 Å². The maximum absolute atomic E-state index is 13.0. The van der Waals surface area contributed by atoms with Crippen molar-refractivity contribution in [3.63, 3.8) is 0 Å². The Kier molecular flexibility index (Phi) is 6.44. The molecule has 3 rings (SSSR count). The minimum absolute atomic E-state index is 0.0284. The standard InChI is InChI=1S/C20H30N4O3S/c1-16-7-8-19(27-4)20(14-16)28(25,26)21-15-18(17-6-5-9-23(17)3)24-12-10-22(2)11-13-24/h5-9,14,18,21H,10-13,15H2,1-4H3. The van der Waals surface area contributed by atoms with Crippen LogP contribution in [-0.4, -0.2) is 69.7 Å². The minimum Gasteiger partial charge on any atom is -0.495 e. The highest BCUT2D eigenvalue weighted by atomic mass is 32.2. The topological polar surface area (TPSA) is 66.8 Å². The highest BCUT2D eigenvalue weighted by molar-refractivity contribution is 7.89. The molecule has 154 valence electrons. The van der Waals surface area contributed by atoms with Crippen molar-refractivity contribution < 1.29 is 13.2 Å². The van der Waals surface area contributed by atoms with Crippen molar-refractivity contribution in [2.45, 2.75) is 17.9 Å². The van der Waals surface area contributed by atoms with Crippen LogP contribution in [0.3, 0.4) is 0 Å². The summed E-state index contributed by atoms with van der Waals surface area (Å²) in [6.45, 7) is 5.93. The molecule has 1 aromatic carbocycles. The van der Waals surface area contributed by atoms with Gasteiger partial charge in [0.15, 0.2) is 0 Å². The van der Waals surface area contributed by atoms with Crippen molar-refractivity contribution >= 4 is 10.0 Å². The number of aryl methyl sites for hydroxylation is 2. The lowest BCUT2D eigenvalue weighted by molar-refractivity contribution is 0.109. The maximum atomic E-state index is 13.0. The average Bonchev–Trinajstić information content (AvgIpc) is 3.09. The van der Waals surface area contributed by atoms with E-state index in [2.05, 4.69) is 32.2 Å². The molecule has 1 aliphatic heterocycles. The van der Waals surface area contributed by atoms with E-state index in [0.717, 1.165) is 37.4 Å². The molecule has 1 unspecified atom stereocenters. The molecule has 0 saturated carbocycles. The molecule has 1 fully saturated rings. The van der Waals surface area contributed by atoms with Crippen molar-refractivity contribution in [2.24, 2.45) is 7.05 Å². The number of methoxy groups -OCH3 is 1. The summed E-state index contributed by atoms with van der Waals surface area (Å²) in [5, 5.41) is 0. The number of benzene rings is 1. The molecule has 0 spiro atoms. The summed E-state index contributed by atoms with van der Waals surface area (Å²) in [4.78, 5) is 4.82. The summed E-state index contributed by atoms with van der Waals surface area (Å²) in [5.74, 6) is 0.355. The van der Waals surface area contributed by atoms with E-state index in [1.807, 2.05) is 32.3 Å². The number of aromatic nitrogens is 1. The Morgan fingerprint density at radius 1 is 1.14 bits per heavy atom. The number of hydrogen-bond donors (Lipinski definition) is 1. The molecule has 1 saturated heterocycles. The lowest BCUT2D eigenvalue weighted by Crippen LogP contribution is -2.48. The van der Waals surface area contributed by atoms with Gasteiger partial charge in [-0.25, -0.2) is 13.1 Å². The predicted molar refractivity (Wildman–Crippen MR) is 110 cm³/mol. The van der Waals surface area contributed by atoms with Crippen molar-refractivity contribution in [1.29, 1.82) is 0 Å². The fourth-order valence-electron chi connectivity index (χ4n) is 3.64. The van der Waals surface area contributed by atoms with Crippen molar-refractivity contribution in [3.8, 4) is 5.75 Å². The first-order valence-corrected chi connectivity index (χ1v) is 11.0. The molecule has 0 aliphatic carbocycles. The Hall–Kier alpha value is -1.87. The van der Waals surface area contributed by atoms with Crippen LogP contribution in [-0.2, 0) is 17.1 Å². The van der Waals surface area contributed by atoms with E-state index in [-0.39, 0.29) is 10.9 Å². The third kappa shape index (κ3) is 4.57. The van der Waals surface area contributed by atoms with Gasteiger partial charge >= 0.3 is 0 Å². The normalized spacial score (nSPS) is 17.6. The zero-order valence-corrected chi connectivity index (χ0v) is 17.9. The number of rotatable bonds is 7. The van der Waals surface area contributed by atoms with E-state index >= 15 is 0 Å². The fraction of sp³-hybridized carbons (Fsp3) is 0.500. The SMILES string of the molecule is COc1ccc(C)cc1S(=O)(=O)NCC(c1cccn1C)N1CCN(C)CC1. The number of hydrogen-bond acceptors (Lipinski definition) is 5. The lowest BCUT2D eigenvalue weighted by atomic mass is 10.1. The van der Waals surface area contributed by atoms with E-state index in [1.54, 1.807) is 12.1 Å². The summed E-state index contributed by atoms with van der Waals surface area (Å²) in [6.07, 6.45) is 2.00. The summed E-state index contributed by atoms with van der Waals surface area (Å²) < 4.78 is 36.2. The van der Waals surface area contributed by atoms with Crippen LogP contribution in [0, 0.1) is 6.92 Å². The smallest absolute Gasteiger partial charge is 0.244 e. The highest BCUT2D eigenvalue weighted by Gasteiger charge is 2.28. The van der Waals surface area contributed by atoms with Gasteiger partial charge in [-0.05, 0) is 43.8 Å². The van der Waals surface area contributed by atoms with Crippen molar-refractivity contribution in [2.75, 3.05) is 46.9 Å². The molecular formula is C20H30N4O3S. The van der Waals surface area contributed by atoms with Crippen LogP contribution in [0.5, 0.6) is 5.75 Å². The van der Waals surface area contributed by atoms with Gasteiger partial charge in [0.25, 0.3) is 0 Å². The van der Waals surface area contributed by atoms with Gasteiger partial charge in [0, 0.05) is 51.7 Å². The second-order valence-electron chi connectivity index (χ2n) is 7.41. The first kappa shape index (κ1) is 20.9. The molecule has 1 atom stereocenters. The molecule has 2 heterocycles. The van der Waals surface area contributed by atoms with Crippen molar-refractivity contribution in [1.82, 2.24) is 19.1 Å². The molecule has 8 heteroatoms. The number of nitrogens with one attached hydrogen (secondary N) is 1. The van der Waals surface area contributed by atoms with Gasteiger partial charge in [-0.3, -0.25) is 4.90 Å². The van der Waals surface area contributed by atoms with E-state index in [9.17, 15) is 8.42 Å². The van der Waals surface area contributed by atoms with Gasteiger partial charge in [-0.2, -0.15) is 0 Å². The lowest BCUT2D eigenvalue weighted by Gasteiger charge is -2.38. The van der Waals surface area contributed by atoms with E-state index < -0.39 is 10.0 Å². The molecule has 28 heavy (non-hydrogen) atoms. The summed E-state index contributed by atoms with van der Waals surface area (Å²) in [5.41, 5.74) is 1.97. The Labute approximate surface area is 167 Å². The van der Waals surface area contributed by atoms with Gasteiger partial charge < -0.3 is 14.2 Å². The Bertz CT molecular complexity index is 902. The van der Waals surface area contributed by atoms with E-state index in [0.29, 0.717) is 12.3 Å². The minimum atomic E-state index is -3.70. The van der Waals surface area contributed by atoms with Crippen LogP contribution in [0.25, 0.3) is 0 Å². The second-order valence-corrected chi connectivity index (χ2v) is 9.14. The number of ether oxygens (including phenoxy) is 1. The van der Waals surface area contributed by atoms with Crippen LogP contribution < -0.4 is 9.46 Å². The molecule has 2 aromatic rings. The number of piperazine rings is 1. The van der Waals surface area contributed by atoms with E-state index in [1.165, 1.54) is 7.11 Å². The molecule has 1 aromatic heterocycles. The number of sulfonamides is 1. The van der Waals surface area contributed by atoms with Crippen LogP contribution >= 0.6 is 0 Å².